The molecule has 168 valence electrons. The number of nitrogens with zero attached hydrogens (tertiary/aromatic N) is 1. The van der Waals surface area contributed by atoms with Gasteiger partial charge in [0.2, 0.25) is 5.91 Å². The molecule has 0 saturated carbocycles. The molecule has 0 aromatic heterocycles. The van der Waals surface area contributed by atoms with Crippen molar-refractivity contribution in [3.63, 3.8) is 0 Å². The van der Waals surface area contributed by atoms with Crippen molar-refractivity contribution in [3.05, 3.63) is 59.7 Å². The third kappa shape index (κ3) is 4.00. The second kappa shape index (κ2) is 8.90. The molecule has 1 fully saturated rings. The van der Waals surface area contributed by atoms with Gasteiger partial charge in [-0.3, -0.25) is 14.5 Å². The molecule has 1 saturated heterocycles. The fourth-order valence-electron chi connectivity index (χ4n) is 4.22. The third-order valence-corrected chi connectivity index (χ3v) is 5.81. The van der Waals surface area contributed by atoms with Gasteiger partial charge < -0.3 is 20.1 Å². The summed E-state index contributed by atoms with van der Waals surface area (Å²) >= 11 is 0. The summed E-state index contributed by atoms with van der Waals surface area (Å²) in [5.74, 6) is 0.483. The number of imide groups is 1. The quantitative estimate of drug-likeness (QED) is 0.650. The number of carbonyl (C=O) groups is 3. The minimum Gasteiger partial charge on any atom is -0.486 e. The zero-order valence-electron chi connectivity index (χ0n) is 18.2. The lowest BCUT2D eigenvalue weighted by Crippen LogP contribution is -2.45. The van der Waals surface area contributed by atoms with Crippen LogP contribution in [0.15, 0.2) is 48.5 Å². The number of ether oxygens (including phenoxy) is 2. The second-order valence-corrected chi connectivity index (χ2v) is 8.04. The molecule has 0 bridgehead atoms. The van der Waals surface area contributed by atoms with Gasteiger partial charge in [0, 0.05) is 0 Å². The van der Waals surface area contributed by atoms with Crippen LogP contribution in [0, 0.1) is 0 Å². The van der Waals surface area contributed by atoms with Crippen molar-refractivity contribution in [2.24, 2.45) is 0 Å². The molecule has 2 aromatic carbocycles. The highest BCUT2D eigenvalue weighted by Gasteiger charge is 2.52. The molecule has 4 rings (SSSR count). The first-order valence-corrected chi connectivity index (χ1v) is 10.8. The first-order chi connectivity index (χ1) is 15.4. The smallest absolute Gasteiger partial charge is 0.325 e. The van der Waals surface area contributed by atoms with Gasteiger partial charge in [0.1, 0.15) is 25.3 Å². The van der Waals surface area contributed by atoms with Gasteiger partial charge >= 0.3 is 6.03 Å². The predicted molar refractivity (Wildman–Crippen MR) is 117 cm³/mol. The lowest BCUT2D eigenvalue weighted by molar-refractivity contribution is -0.135. The van der Waals surface area contributed by atoms with E-state index in [4.69, 9.17) is 9.47 Å². The van der Waals surface area contributed by atoms with E-state index in [1.807, 2.05) is 62.4 Å². The summed E-state index contributed by atoms with van der Waals surface area (Å²) < 4.78 is 11.1. The van der Waals surface area contributed by atoms with Crippen LogP contribution in [-0.2, 0) is 15.1 Å². The summed E-state index contributed by atoms with van der Waals surface area (Å²) in [4.78, 5) is 39.7. The van der Waals surface area contributed by atoms with Crippen LogP contribution >= 0.6 is 0 Å². The molecule has 2 atom stereocenters. The fraction of sp³-hybridized carbons (Fsp3) is 0.375. The topological polar surface area (TPSA) is 97.0 Å². The second-order valence-electron chi connectivity index (χ2n) is 8.04. The lowest BCUT2D eigenvalue weighted by atomic mass is 9.85. The molecule has 2 aliphatic rings. The third-order valence-electron chi connectivity index (χ3n) is 5.81. The highest BCUT2D eigenvalue weighted by Crippen LogP contribution is 2.34. The van der Waals surface area contributed by atoms with Crippen LogP contribution in [-0.4, -0.2) is 42.5 Å². The van der Waals surface area contributed by atoms with Crippen molar-refractivity contribution >= 4 is 17.8 Å². The Morgan fingerprint density at radius 3 is 2.56 bits per heavy atom. The van der Waals surface area contributed by atoms with Crippen LogP contribution < -0.4 is 20.1 Å². The van der Waals surface area contributed by atoms with Gasteiger partial charge in [-0.1, -0.05) is 49.7 Å². The van der Waals surface area contributed by atoms with Gasteiger partial charge in [0.25, 0.3) is 5.91 Å². The Bertz CT molecular complexity index is 1030. The number of hydrogen-bond donors (Lipinski definition) is 2. The molecule has 0 spiro atoms. The Balaban J connectivity index is 1.46. The predicted octanol–water partition coefficient (Wildman–Crippen LogP) is 2.88. The van der Waals surface area contributed by atoms with Crippen molar-refractivity contribution in [1.82, 2.24) is 15.5 Å². The van der Waals surface area contributed by atoms with Crippen LogP contribution in [0.1, 0.15) is 43.9 Å². The number of hydrogen-bond acceptors (Lipinski definition) is 5. The monoisotopic (exact) mass is 437 g/mol. The van der Waals surface area contributed by atoms with Crippen molar-refractivity contribution < 1.29 is 23.9 Å². The average Bonchev–Trinajstić information content (AvgIpc) is 3.04. The Kier molecular flexibility index (Phi) is 6.03. The van der Waals surface area contributed by atoms with Crippen LogP contribution in [0.5, 0.6) is 11.5 Å². The van der Waals surface area contributed by atoms with Gasteiger partial charge in [-0.2, -0.15) is 0 Å². The van der Waals surface area contributed by atoms with Crippen LogP contribution in [0.2, 0.25) is 0 Å². The van der Waals surface area contributed by atoms with Crippen LogP contribution in [0.25, 0.3) is 0 Å². The number of nitrogens with one attached hydrogen (secondary N) is 2. The van der Waals surface area contributed by atoms with E-state index in [1.165, 1.54) is 0 Å². The highest BCUT2D eigenvalue weighted by molar-refractivity contribution is 6.09. The molecule has 2 N–H and O–H groups in total. The number of urea groups is 1. The van der Waals surface area contributed by atoms with Crippen LogP contribution in [0.3, 0.4) is 0 Å². The molecule has 4 amide bonds. The molecule has 0 unspecified atom stereocenters. The number of carbonyl (C=O) groups excluding carboxylic acids is 3. The summed E-state index contributed by atoms with van der Waals surface area (Å²) in [6, 6.07) is 13.7. The summed E-state index contributed by atoms with van der Waals surface area (Å²) in [7, 11) is 0. The van der Waals surface area contributed by atoms with Crippen molar-refractivity contribution in [3.8, 4) is 11.5 Å². The fourth-order valence-corrected chi connectivity index (χ4v) is 4.22. The van der Waals surface area contributed by atoms with Gasteiger partial charge in [-0.25, -0.2) is 4.79 Å². The molecular weight excluding hydrogens is 410 g/mol. The molecule has 8 nitrogen and oxygen atoms in total. The number of fused-ring (bicyclic) bond motifs is 1. The maximum Gasteiger partial charge on any atom is 0.325 e. The Morgan fingerprint density at radius 2 is 1.84 bits per heavy atom. The molecule has 0 radical (unpaired) electrons. The van der Waals surface area contributed by atoms with E-state index in [0.717, 1.165) is 10.5 Å². The SMILES string of the molecule is CCC[C@]1(c2ccccc2)NC(=O)N(CC(=O)N[C@H](C)c2ccc3c(c2)OCCO3)C1=O. The zero-order valence-corrected chi connectivity index (χ0v) is 18.2. The van der Waals surface area contributed by atoms with Gasteiger partial charge in [-0.05, 0) is 36.6 Å². The van der Waals surface area contributed by atoms with E-state index >= 15 is 0 Å². The molecule has 2 aliphatic heterocycles. The number of amides is 4. The molecule has 32 heavy (non-hydrogen) atoms. The minimum atomic E-state index is -1.14. The van der Waals surface area contributed by atoms with E-state index in [-0.39, 0.29) is 12.6 Å². The number of rotatable bonds is 7. The standard InChI is InChI=1S/C24H27N3O5/c1-3-11-24(18-7-5-4-6-8-18)22(29)27(23(30)26-24)15-21(28)25-16(2)17-9-10-19-20(14-17)32-13-12-31-19/h4-10,14,16H,3,11-13,15H2,1-2H3,(H,25,28)(H,26,30)/t16-,24-/m1/s1. The van der Waals surface area contributed by atoms with Crippen molar-refractivity contribution in [2.45, 2.75) is 38.3 Å². The average molecular weight is 437 g/mol. The Hall–Kier alpha value is -3.55. The Morgan fingerprint density at radius 1 is 1.12 bits per heavy atom. The molecule has 2 aromatic rings. The first kappa shape index (κ1) is 21.7. The van der Waals surface area contributed by atoms with E-state index in [1.54, 1.807) is 0 Å². The van der Waals surface area contributed by atoms with E-state index in [2.05, 4.69) is 10.6 Å². The van der Waals surface area contributed by atoms with E-state index < -0.39 is 23.4 Å². The minimum absolute atomic E-state index is 0.339. The zero-order chi connectivity index (χ0) is 22.7. The van der Waals surface area contributed by atoms with Gasteiger partial charge in [0.05, 0.1) is 6.04 Å². The number of benzene rings is 2. The largest absolute Gasteiger partial charge is 0.486 e. The lowest BCUT2D eigenvalue weighted by Gasteiger charge is -2.27. The molecule has 2 heterocycles. The first-order valence-electron chi connectivity index (χ1n) is 10.8. The maximum atomic E-state index is 13.3. The van der Waals surface area contributed by atoms with Crippen molar-refractivity contribution in [2.75, 3.05) is 19.8 Å². The van der Waals surface area contributed by atoms with E-state index in [0.29, 0.717) is 43.1 Å². The molecule has 0 aliphatic carbocycles. The van der Waals surface area contributed by atoms with Gasteiger partial charge in [-0.15, -0.1) is 0 Å². The molecular formula is C24H27N3O5. The summed E-state index contributed by atoms with van der Waals surface area (Å²) in [6.45, 7) is 4.42. The van der Waals surface area contributed by atoms with Crippen molar-refractivity contribution in [1.29, 1.82) is 0 Å². The summed E-state index contributed by atoms with van der Waals surface area (Å²) in [6.07, 6.45) is 1.15. The Labute approximate surface area is 186 Å². The highest BCUT2D eigenvalue weighted by atomic mass is 16.6. The van der Waals surface area contributed by atoms with E-state index in [9.17, 15) is 14.4 Å². The normalized spacial score (nSPS) is 20.6. The molecule has 8 heteroatoms. The summed E-state index contributed by atoms with van der Waals surface area (Å²) in [5.41, 5.74) is 0.409. The van der Waals surface area contributed by atoms with Gasteiger partial charge in [0.15, 0.2) is 11.5 Å². The maximum absolute atomic E-state index is 13.3. The summed E-state index contributed by atoms with van der Waals surface area (Å²) in [5, 5.41) is 5.70. The van der Waals surface area contributed by atoms with Crippen LogP contribution in [0.4, 0.5) is 4.79 Å².